The molecule has 2 rings (SSSR count). The second-order valence-corrected chi connectivity index (χ2v) is 7.19. The van der Waals surface area contributed by atoms with Gasteiger partial charge in [0.15, 0.2) is 0 Å². The van der Waals surface area contributed by atoms with Crippen molar-refractivity contribution in [3.05, 3.63) is 0 Å². The molecule has 0 amide bonds. The maximum atomic E-state index is 5.48. The van der Waals surface area contributed by atoms with Crippen LogP contribution < -0.4 is 5.32 Å². The first kappa shape index (κ1) is 14.7. The van der Waals surface area contributed by atoms with Gasteiger partial charge in [-0.05, 0) is 32.2 Å². The Hall–Kier alpha value is 0.270. The quantitative estimate of drug-likeness (QED) is 0.844. The largest absolute Gasteiger partial charge is 0.381 e. The molecule has 1 saturated heterocycles. The van der Waals surface area contributed by atoms with Crippen molar-refractivity contribution in [1.29, 1.82) is 0 Å². The molecule has 2 unspecified atom stereocenters. The van der Waals surface area contributed by atoms with Crippen LogP contribution in [0.3, 0.4) is 0 Å². The average Bonchev–Trinajstić information content (AvgIpc) is 2.38. The second-order valence-electron chi connectivity index (χ2n) is 5.64. The SMILES string of the molecule is CCNC1CCCCCCC1SC1CCOCC1. The molecule has 0 bridgehead atoms. The van der Waals surface area contributed by atoms with Crippen LogP contribution in [-0.2, 0) is 4.74 Å². The third-order valence-corrected chi connectivity index (χ3v) is 5.97. The van der Waals surface area contributed by atoms with E-state index in [2.05, 4.69) is 24.0 Å². The molecule has 1 heterocycles. The fraction of sp³-hybridized carbons (Fsp3) is 1.00. The van der Waals surface area contributed by atoms with Gasteiger partial charge in [0.2, 0.25) is 0 Å². The Balaban J connectivity index is 1.86. The predicted molar refractivity (Wildman–Crippen MR) is 80.4 cm³/mol. The van der Waals surface area contributed by atoms with Gasteiger partial charge in [0.1, 0.15) is 0 Å². The summed E-state index contributed by atoms with van der Waals surface area (Å²) < 4.78 is 5.48. The molecule has 2 fully saturated rings. The first-order chi connectivity index (χ1) is 8.90. The highest BCUT2D eigenvalue weighted by atomic mass is 32.2. The standard InChI is InChI=1S/C15H29NOS/c1-2-16-14-7-5-3-4-6-8-15(14)18-13-9-11-17-12-10-13/h13-16H,2-12H2,1H3. The molecule has 2 atom stereocenters. The minimum atomic E-state index is 0.753. The van der Waals surface area contributed by atoms with Crippen molar-refractivity contribution in [3.8, 4) is 0 Å². The molecular weight excluding hydrogens is 242 g/mol. The van der Waals surface area contributed by atoms with Crippen molar-refractivity contribution in [2.45, 2.75) is 74.8 Å². The summed E-state index contributed by atoms with van der Waals surface area (Å²) in [5, 5.41) is 5.43. The van der Waals surface area contributed by atoms with Gasteiger partial charge < -0.3 is 10.1 Å². The highest BCUT2D eigenvalue weighted by molar-refractivity contribution is 8.00. The van der Waals surface area contributed by atoms with Gasteiger partial charge in [-0.2, -0.15) is 11.8 Å². The Morgan fingerprint density at radius 3 is 2.44 bits per heavy atom. The summed E-state index contributed by atoms with van der Waals surface area (Å²) in [5.74, 6) is 0. The predicted octanol–water partition coefficient (Wildman–Crippen LogP) is 3.60. The third kappa shape index (κ3) is 4.75. The van der Waals surface area contributed by atoms with Gasteiger partial charge in [0.05, 0.1) is 0 Å². The minimum absolute atomic E-state index is 0.753. The van der Waals surface area contributed by atoms with Gasteiger partial charge in [0, 0.05) is 29.8 Å². The van der Waals surface area contributed by atoms with E-state index in [1.165, 1.54) is 51.4 Å². The van der Waals surface area contributed by atoms with E-state index in [1.807, 2.05) is 0 Å². The lowest BCUT2D eigenvalue weighted by Crippen LogP contribution is -2.40. The van der Waals surface area contributed by atoms with Crippen LogP contribution >= 0.6 is 11.8 Å². The van der Waals surface area contributed by atoms with Crippen molar-refractivity contribution >= 4 is 11.8 Å². The zero-order valence-corrected chi connectivity index (χ0v) is 12.6. The first-order valence-corrected chi connectivity index (χ1v) is 8.81. The summed E-state index contributed by atoms with van der Waals surface area (Å²) in [5.41, 5.74) is 0. The van der Waals surface area contributed by atoms with E-state index in [1.54, 1.807) is 0 Å². The van der Waals surface area contributed by atoms with E-state index in [-0.39, 0.29) is 0 Å². The number of nitrogens with one attached hydrogen (secondary N) is 1. The van der Waals surface area contributed by atoms with Crippen LogP contribution in [0.25, 0.3) is 0 Å². The maximum Gasteiger partial charge on any atom is 0.0476 e. The zero-order chi connectivity index (χ0) is 12.6. The molecule has 1 N–H and O–H groups in total. The molecule has 2 aliphatic rings. The maximum absolute atomic E-state index is 5.48. The molecule has 1 aliphatic carbocycles. The highest BCUT2D eigenvalue weighted by Gasteiger charge is 2.26. The van der Waals surface area contributed by atoms with Gasteiger partial charge in [-0.25, -0.2) is 0 Å². The molecule has 106 valence electrons. The molecule has 18 heavy (non-hydrogen) atoms. The van der Waals surface area contributed by atoms with Crippen molar-refractivity contribution in [3.63, 3.8) is 0 Å². The number of thioether (sulfide) groups is 1. The van der Waals surface area contributed by atoms with Crippen molar-refractivity contribution in [2.24, 2.45) is 0 Å². The van der Waals surface area contributed by atoms with E-state index in [0.717, 1.165) is 36.3 Å². The molecular formula is C15H29NOS. The number of hydrogen-bond donors (Lipinski definition) is 1. The van der Waals surface area contributed by atoms with Crippen LogP contribution in [-0.4, -0.2) is 36.3 Å². The van der Waals surface area contributed by atoms with Crippen LogP contribution in [0.1, 0.15) is 58.3 Å². The molecule has 1 saturated carbocycles. The molecule has 0 aromatic carbocycles. The van der Waals surface area contributed by atoms with Gasteiger partial charge >= 0.3 is 0 Å². The first-order valence-electron chi connectivity index (χ1n) is 7.86. The Morgan fingerprint density at radius 1 is 1.00 bits per heavy atom. The van der Waals surface area contributed by atoms with Crippen LogP contribution in [0.2, 0.25) is 0 Å². The molecule has 0 aromatic rings. The Morgan fingerprint density at radius 2 is 1.72 bits per heavy atom. The lowest BCUT2D eigenvalue weighted by Gasteiger charge is -2.33. The highest BCUT2D eigenvalue weighted by Crippen LogP contribution is 2.33. The fourth-order valence-electron chi connectivity index (χ4n) is 3.17. The van der Waals surface area contributed by atoms with Crippen LogP contribution in [0.15, 0.2) is 0 Å². The van der Waals surface area contributed by atoms with Crippen molar-refractivity contribution in [2.75, 3.05) is 19.8 Å². The summed E-state index contributed by atoms with van der Waals surface area (Å²) in [6, 6.07) is 0.753. The molecule has 2 nitrogen and oxygen atoms in total. The molecule has 0 radical (unpaired) electrons. The summed E-state index contributed by atoms with van der Waals surface area (Å²) in [7, 11) is 0. The van der Waals surface area contributed by atoms with Gasteiger partial charge in [-0.1, -0.05) is 32.6 Å². The van der Waals surface area contributed by atoms with E-state index < -0.39 is 0 Å². The molecule has 3 heteroatoms. The Bertz CT molecular complexity index is 219. The summed E-state index contributed by atoms with van der Waals surface area (Å²) >= 11 is 2.27. The normalized spacial score (nSPS) is 31.8. The number of ether oxygens (including phenoxy) is 1. The van der Waals surface area contributed by atoms with E-state index in [0.29, 0.717) is 0 Å². The fourth-order valence-corrected chi connectivity index (χ4v) is 4.85. The van der Waals surface area contributed by atoms with E-state index in [9.17, 15) is 0 Å². The average molecular weight is 271 g/mol. The zero-order valence-electron chi connectivity index (χ0n) is 11.8. The van der Waals surface area contributed by atoms with Crippen LogP contribution in [0.4, 0.5) is 0 Å². The third-order valence-electron chi connectivity index (χ3n) is 4.20. The number of rotatable bonds is 4. The number of hydrogen-bond acceptors (Lipinski definition) is 3. The van der Waals surface area contributed by atoms with Gasteiger partial charge in [-0.15, -0.1) is 0 Å². The second kappa shape index (κ2) is 8.44. The topological polar surface area (TPSA) is 21.3 Å². The van der Waals surface area contributed by atoms with Crippen molar-refractivity contribution < 1.29 is 4.74 Å². The Kier molecular flexibility index (Phi) is 6.88. The van der Waals surface area contributed by atoms with E-state index in [4.69, 9.17) is 4.74 Å². The minimum Gasteiger partial charge on any atom is -0.381 e. The van der Waals surface area contributed by atoms with Crippen LogP contribution in [0, 0.1) is 0 Å². The Labute approximate surface area is 117 Å². The van der Waals surface area contributed by atoms with E-state index >= 15 is 0 Å². The molecule has 0 aromatic heterocycles. The van der Waals surface area contributed by atoms with Crippen molar-refractivity contribution in [1.82, 2.24) is 5.32 Å². The lowest BCUT2D eigenvalue weighted by molar-refractivity contribution is 0.0998. The lowest BCUT2D eigenvalue weighted by atomic mass is 9.96. The summed E-state index contributed by atoms with van der Waals surface area (Å²) in [4.78, 5) is 0. The van der Waals surface area contributed by atoms with Gasteiger partial charge in [0.25, 0.3) is 0 Å². The van der Waals surface area contributed by atoms with Gasteiger partial charge in [-0.3, -0.25) is 0 Å². The molecule has 1 aliphatic heterocycles. The monoisotopic (exact) mass is 271 g/mol. The summed E-state index contributed by atoms with van der Waals surface area (Å²) in [6.45, 7) is 5.33. The smallest absolute Gasteiger partial charge is 0.0476 e. The van der Waals surface area contributed by atoms with Crippen LogP contribution in [0.5, 0.6) is 0 Å². The molecule has 0 spiro atoms. The summed E-state index contributed by atoms with van der Waals surface area (Å²) in [6.07, 6.45) is 11.1.